The number of nitrogens with zero attached hydrogens (tertiary/aromatic N) is 3. The van der Waals surface area contributed by atoms with Crippen molar-refractivity contribution in [1.29, 1.82) is 0 Å². The summed E-state index contributed by atoms with van der Waals surface area (Å²) in [6.45, 7) is 0.345. The third-order valence-electron chi connectivity index (χ3n) is 6.43. The molecule has 0 aliphatic carbocycles. The van der Waals surface area contributed by atoms with Crippen LogP contribution in [0.4, 0.5) is 22.7 Å². The maximum atomic E-state index is 15.2. The Hall–Kier alpha value is -2.71. The number of likely N-dealkylation sites (tertiary alicyclic amines) is 1. The number of piperidine rings is 1. The molecule has 2 aliphatic heterocycles. The van der Waals surface area contributed by atoms with Gasteiger partial charge in [-0.05, 0) is 25.5 Å². The van der Waals surface area contributed by atoms with Crippen molar-refractivity contribution in [2.24, 2.45) is 5.92 Å². The molecule has 0 radical (unpaired) electrons. The summed E-state index contributed by atoms with van der Waals surface area (Å²) in [6.07, 6.45) is 0.342. The minimum absolute atomic E-state index is 0.0861. The van der Waals surface area contributed by atoms with Crippen LogP contribution in [0.5, 0.6) is 5.75 Å². The molecule has 14 heteroatoms. The number of hydrogen-bond acceptors (Lipinski definition) is 7. The average Bonchev–Trinajstić information content (AvgIpc) is 3.51. The highest BCUT2D eigenvalue weighted by Gasteiger charge is 2.47. The van der Waals surface area contributed by atoms with Crippen LogP contribution in [0.1, 0.15) is 42.5 Å². The molecule has 0 bridgehead atoms. The molecule has 1 aromatic carbocycles. The Morgan fingerprint density at radius 1 is 1.23 bits per heavy atom. The largest absolute Gasteiger partial charge is 0.493 e. The van der Waals surface area contributed by atoms with Crippen LogP contribution in [0.2, 0.25) is 0 Å². The normalized spacial score (nSPS) is 23.5. The van der Waals surface area contributed by atoms with Crippen molar-refractivity contribution in [2.45, 2.75) is 42.4 Å². The number of H-pyrrole nitrogens is 1. The van der Waals surface area contributed by atoms with Crippen molar-refractivity contribution in [2.75, 3.05) is 17.9 Å². The lowest BCUT2D eigenvalue weighted by atomic mass is 9.84. The van der Waals surface area contributed by atoms with Gasteiger partial charge in [0.25, 0.3) is 10.0 Å². The molecule has 3 aromatic rings. The predicted octanol–water partition coefficient (Wildman–Crippen LogP) is 4.65. The molecule has 4 heterocycles. The SMILES string of the molecule is O=S(=O)(Nc1nccs1)c1cc2c(cc1F)C(N1CC[C@@H](C(F)(F)F)C[C@H]1c1cn[nH]c1)CCO2. The summed E-state index contributed by atoms with van der Waals surface area (Å²) in [7, 11) is -4.27. The van der Waals surface area contributed by atoms with E-state index < -0.39 is 44.9 Å². The number of aromatic amines is 1. The fraction of sp³-hybridized carbons (Fsp3) is 0.429. The Morgan fingerprint density at radius 3 is 2.74 bits per heavy atom. The summed E-state index contributed by atoms with van der Waals surface area (Å²) in [5.41, 5.74) is 1.01. The van der Waals surface area contributed by atoms with Gasteiger partial charge in [0.05, 0.1) is 18.7 Å². The van der Waals surface area contributed by atoms with Crippen LogP contribution in [0.15, 0.2) is 41.0 Å². The summed E-state index contributed by atoms with van der Waals surface area (Å²) < 4.78 is 89.2. The van der Waals surface area contributed by atoms with Gasteiger partial charge in [0.15, 0.2) is 5.13 Å². The summed E-state index contributed by atoms with van der Waals surface area (Å²) >= 11 is 1.05. The molecule has 0 saturated carbocycles. The van der Waals surface area contributed by atoms with E-state index >= 15 is 4.39 Å². The second-order valence-corrected chi connectivity index (χ2v) is 11.0. The van der Waals surface area contributed by atoms with Gasteiger partial charge in [-0.25, -0.2) is 17.8 Å². The van der Waals surface area contributed by atoms with Crippen LogP contribution in [0.25, 0.3) is 0 Å². The van der Waals surface area contributed by atoms with Crippen LogP contribution < -0.4 is 9.46 Å². The van der Waals surface area contributed by atoms with Gasteiger partial charge in [-0.2, -0.15) is 18.3 Å². The first-order valence-electron chi connectivity index (χ1n) is 10.8. The monoisotopic (exact) mass is 531 g/mol. The lowest BCUT2D eigenvalue weighted by molar-refractivity contribution is -0.192. The lowest BCUT2D eigenvalue weighted by Gasteiger charge is -2.45. The van der Waals surface area contributed by atoms with Gasteiger partial charge in [-0.1, -0.05) is 0 Å². The van der Waals surface area contributed by atoms with Gasteiger partial charge in [0.2, 0.25) is 0 Å². The Bertz CT molecular complexity index is 1280. The zero-order chi connectivity index (χ0) is 24.8. The maximum absolute atomic E-state index is 15.2. The van der Waals surface area contributed by atoms with E-state index in [-0.39, 0.29) is 36.9 Å². The van der Waals surface area contributed by atoms with Crippen LogP contribution in [0.3, 0.4) is 0 Å². The van der Waals surface area contributed by atoms with Gasteiger partial charge in [-0.3, -0.25) is 14.7 Å². The van der Waals surface area contributed by atoms with Crippen molar-refractivity contribution in [1.82, 2.24) is 20.1 Å². The van der Waals surface area contributed by atoms with E-state index in [1.165, 1.54) is 12.4 Å². The maximum Gasteiger partial charge on any atom is 0.391 e. The predicted molar refractivity (Wildman–Crippen MR) is 119 cm³/mol. The van der Waals surface area contributed by atoms with E-state index in [1.54, 1.807) is 11.6 Å². The zero-order valence-corrected chi connectivity index (χ0v) is 19.8. The zero-order valence-electron chi connectivity index (χ0n) is 18.1. The molecule has 2 aromatic heterocycles. The fourth-order valence-electron chi connectivity index (χ4n) is 4.79. The van der Waals surface area contributed by atoms with Crippen molar-refractivity contribution in [3.63, 3.8) is 0 Å². The van der Waals surface area contributed by atoms with Crippen LogP contribution in [0, 0.1) is 11.7 Å². The number of sulfonamides is 1. The van der Waals surface area contributed by atoms with Gasteiger partial charge >= 0.3 is 6.18 Å². The number of nitrogens with one attached hydrogen (secondary N) is 2. The Kier molecular flexibility index (Phi) is 6.21. The third-order valence-corrected chi connectivity index (χ3v) is 8.60. The number of ether oxygens (including phenoxy) is 1. The fourth-order valence-corrected chi connectivity index (χ4v) is 6.65. The average molecular weight is 532 g/mol. The van der Waals surface area contributed by atoms with E-state index in [2.05, 4.69) is 19.9 Å². The third kappa shape index (κ3) is 4.74. The van der Waals surface area contributed by atoms with Gasteiger partial charge < -0.3 is 4.74 Å². The summed E-state index contributed by atoms with van der Waals surface area (Å²) in [6, 6.07) is 1.19. The number of aromatic nitrogens is 3. The first-order valence-corrected chi connectivity index (χ1v) is 13.2. The number of benzene rings is 1. The molecule has 0 spiro atoms. The molecule has 5 rings (SSSR count). The molecule has 0 amide bonds. The second kappa shape index (κ2) is 9.06. The van der Waals surface area contributed by atoms with E-state index in [1.807, 2.05) is 4.90 Å². The Labute approximate surface area is 202 Å². The van der Waals surface area contributed by atoms with Crippen LogP contribution >= 0.6 is 11.3 Å². The van der Waals surface area contributed by atoms with E-state index in [9.17, 15) is 21.6 Å². The number of alkyl halides is 3. The molecular formula is C21H21F4N5O3S2. The van der Waals surface area contributed by atoms with E-state index in [0.717, 1.165) is 23.5 Å². The molecule has 1 saturated heterocycles. The minimum atomic E-state index is -4.32. The summed E-state index contributed by atoms with van der Waals surface area (Å²) in [5.74, 6) is -2.25. The Morgan fingerprint density at radius 2 is 2.06 bits per heavy atom. The standard InChI is InChI=1S/C21H21F4N5O3S2/c22-15-8-14-16(30-4-1-13(21(23,24)25)7-17(30)12-10-27-28-11-12)2-5-33-18(14)9-19(15)35(31,32)29-20-26-3-6-34-20/h3,6,8-11,13,16-17H,1-2,4-5,7H2,(H,26,29)(H,27,28)/t13-,16?,17+/m1/s1. The molecule has 2 aliphatic rings. The topological polar surface area (TPSA) is 100 Å². The molecule has 1 fully saturated rings. The van der Waals surface area contributed by atoms with Crippen LogP contribution in [-0.4, -0.2) is 47.8 Å². The number of hydrogen-bond donors (Lipinski definition) is 2. The van der Waals surface area contributed by atoms with Crippen molar-refractivity contribution >= 4 is 26.5 Å². The van der Waals surface area contributed by atoms with Crippen molar-refractivity contribution in [3.05, 3.63) is 53.0 Å². The molecule has 8 nitrogen and oxygen atoms in total. The van der Waals surface area contributed by atoms with Crippen LogP contribution in [-0.2, 0) is 10.0 Å². The Balaban J connectivity index is 1.48. The molecular weight excluding hydrogens is 510 g/mol. The number of fused-ring (bicyclic) bond motifs is 1. The summed E-state index contributed by atoms with van der Waals surface area (Å²) in [4.78, 5) is 5.18. The summed E-state index contributed by atoms with van der Waals surface area (Å²) in [5, 5.41) is 8.22. The van der Waals surface area contributed by atoms with Gasteiger partial charge in [0, 0.05) is 53.5 Å². The quantitative estimate of drug-likeness (QED) is 0.465. The number of rotatable bonds is 5. The highest BCUT2D eigenvalue weighted by molar-refractivity contribution is 7.93. The highest BCUT2D eigenvalue weighted by Crippen LogP contribution is 2.48. The molecule has 1 unspecified atom stereocenters. The highest BCUT2D eigenvalue weighted by atomic mass is 32.2. The molecule has 188 valence electrons. The molecule has 3 atom stereocenters. The molecule has 2 N–H and O–H groups in total. The van der Waals surface area contributed by atoms with E-state index in [0.29, 0.717) is 17.5 Å². The molecule has 35 heavy (non-hydrogen) atoms. The first-order chi connectivity index (χ1) is 16.6. The number of halogens is 4. The number of thiazole rings is 1. The van der Waals surface area contributed by atoms with Gasteiger partial charge in [0.1, 0.15) is 16.5 Å². The smallest absolute Gasteiger partial charge is 0.391 e. The van der Waals surface area contributed by atoms with Crippen molar-refractivity contribution in [3.8, 4) is 5.75 Å². The first kappa shape index (κ1) is 24.0. The lowest BCUT2D eigenvalue weighted by Crippen LogP contribution is -2.44. The minimum Gasteiger partial charge on any atom is -0.493 e. The van der Waals surface area contributed by atoms with Gasteiger partial charge in [-0.15, -0.1) is 11.3 Å². The second-order valence-electron chi connectivity index (χ2n) is 8.46. The number of anilines is 1. The van der Waals surface area contributed by atoms with Crippen molar-refractivity contribution < 1.29 is 30.7 Å². The van der Waals surface area contributed by atoms with E-state index in [4.69, 9.17) is 4.74 Å².